The number of alkyl halides is 1. The maximum absolute atomic E-state index is 5.31. The summed E-state index contributed by atoms with van der Waals surface area (Å²) in [6.07, 6.45) is 4.07. The Hall–Kier alpha value is -0.800. The highest BCUT2D eigenvalue weighted by molar-refractivity contribution is 9.09. The predicted molar refractivity (Wildman–Crippen MR) is 61.8 cm³/mol. The molecule has 1 rings (SSSR count). The van der Waals surface area contributed by atoms with Crippen molar-refractivity contribution in [2.75, 3.05) is 19.2 Å². The number of allylic oxidation sites excluding steroid dienone is 1. The van der Waals surface area contributed by atoms with Gasteiger partial charge in [-0.3, -0.25) is 0 Å². The third-order valence-corrected chi connectivity index (χ3v) is 1.97. The lowest BCUT2D eigenvalue weighted by molar-refractivity contribution is 0.0511. The summed E-state index contributed by atoms with van der Waals surface area (Å²) in [5.74, 6) is 0.823. The molecule has 0 aliphatic heterocycles. The van der Waals surface area contributed by atoms with E-state index in [0.29, 0.717) is 0 Å². The van der Waals surface area contributed by atoms with E-state index in [4.69, 9.17) is 9.47 Å². The van der Waals surface area contributed by atoms with Gasteiger partial charge in [0, 0.05) is 12.4 Å². The van der Waals surface area contributed by atoms with Crippen molar-refractivity contribution in [3.63, 3.8) is 0 Å². The van der Waals surface area contributed by atoms with Gasteiger partial charge in [-0.25, -0.2) is 0 Å². The maximum Gasteiger partial charge on any atom is 0.188 e. The normalized spacial score (nSPS) is 10.7. The molecule has 0 bridgehead atoms. The van der Waals surface area contributed by atoms with E-state index >= 15 is 0 Å². The fraction of sp³-hybridized carbons (Fsp3) is 0.273. The van der Waals surface area contributed by atoms with Crippen LogP contribution in [0.4, 0.5) is 0 Å². The first-order chi connectivity index (χ1) is 6.86. The number of halogens is 1. The lowest BCUT2D eigenvalue weighted by atomic mass is 10.2. The summed E-state index contributed by atoms with van der Waals surface area (Å²) in [7, 11) is 1.61. The van der Waals surface area contributed by atoms with Crippen molar-refractivity contribution < 1.29 is 9.47 Å². The first-order valence-corrected chi connectivity index (χ1v) is 5.43. The molecule has 0 N–H and O–H groups in total. The number of ether oxygens (including phenoxy) is 2. The van der Waals surface area contributed by atoms with Gasteiger partial charge in [-0.1, -0.05) is 40.2 Å². The van der Waals surface area contributed by atoms with Gasteiger partial charge in [0.25, 0.3) is 0 Å². The largest absolute Gasteiger partial charge is 0.468 e. The van der Waals surface area contributed by atoms with Crippen LogP contribution in [-0.4, -0.2) is 19.2 Å². The van der Waals surface area contributed by atoms with Crippen molar-refractivity contribution in [3.05, 3.63) is 35.9 Å². The molecule has 3 heteroatoms. The molecule has 0 amide bonds. The quantitative estimate of drug-likeness (QED) is 0.596. The van der Waals surface area contributed by atoms with Crippen LogP contribution in [0.5, 0.6) is 5.75 Å². The molecule has 0 saturated heterocycles. The Morgan fingerprint density at radius 2 is 2.29 bits per heavy atom. The summed E-state index contributed by atoms with van der Waals surface area (Å²) in [4.78, 5) is 0. The summed E-state index contributed by atoms with van der Waals surface area (Å²) in [6, 6.07) is 7.86. The molecule has 1 aromatic carbocycles. The minimum atomic E-state index is 0.283. The van der Waals surface area contributed by atoms with E-state index in [1.54, 1.807) is 7.11 Å². The van der Waals surface area contributed by atoms with Gasteiger partial charge < -0.3 is 9.47 Å². The van der Waals surface area contributed by atoms with Crippen LogP contribution < -0.4 is 4.74 Å². The van der Waals surface area contributed by atoms with E-state index in [1.165, 1.54) is 0 Å². The molecular weight excluding hydrogens is 244 g/mol. The number of rotatable bonds is 5. The van der Waals surface area contributed by atoms with Gasteiger partial charge in [-0.05, 0) is 17.7 Å². The predicted octanol–water partition coefficient (Wildman–Crippen LogP) is 3.08. The molecule has 2 nitrogen and oxygen atoms in total. The molecule has 0 fully saturated rings. The number of hydrogen-bond donors (Lipinski definition) is 0. The molecule has 0 aromatic heterocycles. The number of benzene rings is 1. The van der Waals surface area contributed by atoms with Gasteiger partial charge in [-0.2, -0.15) is 0 Å². The van der Waals surface area contributed by atoms with Gasteiger partial charge in [0.2, 0.25) is 0 Å². The fourth-order valence-corrected chi connectivity index (χ4v) is 1.20. The van der Waals surface area contributed by atoms with Crippen LogP contribution in [0.3, 0.4) is 0 Å². The molecule has 0 radical (unpaired) electrons. The van der Waals surface area contributed by atoms with Crippen LogP contribution in [0.1, 0.15) is 5.56 Å². The van der Waals surface area contributed by atoms with E-state index in [2.05, 4.69) is 15.9 Å². The Balaban J connectivity index is 2.63. The first-order valence-electron chi connectivity index (χ1n) is 4.31. The minimum absolute atomic E-state index is 0.283. The zero-order valence-corrected chi connectivity index (χ0v) is 9.66. The lowest BCUT2D eigenvalue weighted by Crippen LogP contribution is -1.98. The van der Waals surface area contributed by atoms with Crippen molar-refractivity contribution in [2.24, 2.45) is 0 Å². The van der Waals surface area contributed by atoms with Crippen LogP contribution in [-0.2, 0) is 4.74 Å². The van der Waals surface area contributed by atoms with Gasteiger partial charge in [0.1, 0.15) is 5.75 Å². The van der Waals surface area contributed by atoms with Crippen molar-refractivity contribution in [1.29, 1.82) is 0 Å². The van der Waals surface area contributed by atoms with Crippen LogP contribution in [0.15, 0.2) is 30.3 Å². The maximum atomic E-state index is 5.31. The van der Waals surface area contributed by atoms with Gasteiger partial charge in [0.05, 0.1) is 0 Å². The van der Waals surface area contributed by atoms with Crippen LogP contribution in [0, 0.1) is 0 Å². The van der Waals surface area contributed by atoms with Gasteiger partial charge >= 0.3 is 0 Å². The Labute approximate surface area is 92.7 Å². The molecule has 0 unspecified atom stereocenters. The Morgan fingerprint density at radius 3 is 3.00 bits per heavy atom. The summed E-state index contributed by atoms with van der Waals surface area (Å²) in [6.45, 7) is 0.283. The monoisotopic (exact) mass is 256 g/mol. The van der Waals surface area contributed by atoms with E-state index in [1.807, 2.05) is 36.4 Å². The molecule has 0 aliphatic rings. The SMILES string of the molecule is COCOc1cccc(C=CCBr)c1. The molecule has 0 spiro atoms. The average Bonchev–Trinajstić information content (AvgIpc) is 2.24. The molecule has 14 heavy (non-hydrogen) atoms. The minimum Gasteiger partial charge on any atom is -0.468 e. The van der Waals surface area contributed by atoms with Crippen LogP contribution in [0.25, 0.3) is 6.08 Å². The highest BCUT2D eigenvalue weighted by Crippen LogP contribution is 2.14. The van der Waals surface area contributed by atoms with Gasteiger partial charge in [-0.15, -0.1) is 0 Å². The Morgan fingerprint density at radius 1 is 1.43 bits per heavy atom. The van der Waals surface area contributed by atoms with E-state index in [-0.39, 0.29) is 6.79 Å². The van der Waals surface area contributed by atoms with Crippen LogP contribution in [0.2, 0.25) is 0 Å². The standard InChI is InChI=1S/C11H13BrO2/c1-13-9-14-11-6-2-4-10(8-11)5-3-7-12/h2-6,8H,7,9H2,1H3. The van der Waals surface area contributed by atoms with Crippen molar-refractivity contribution in [1.82, 2.24) is 0 Å². The van der Waals surface area contributed by atoms with Gasteiger partial charge in [0.15, 0.2) is 6.79 Å². The van der Waals surface area contributed by atoms with Crippen molar-refractivity contribution in [3.8, 4) is 5.75 Å². The topological polar surface area (TPSA) is 18.5 Å². The second-order valence-corrected chi connectivity index (χ2v) is 3.33. The summed E-state index contributed by atoms with van der Waals surface area (Å²) in [5.41, 5.74) is 1.12. The number of hydrogen-bond acceptors (Lipinski definition) is 2. The smallest absolute Gasteiger partial charge is 0.188 e. The molecule has 76 valence electrons. The van der Waals surface area contributed by atoms with E-state index < -0.39 is 0 Å². The molecule has 0 saturated carbocycles. The Bertz CT molecular complexity index is 297. The zero-order valence-electron chi connectivity index (χ0n) is 8.07. The molecule has 0 atom stereocenters. The van der Waals surface area contributed by atoms with Crippen molar-refractivity contribution in [2.45, 2.75) is 0 Å². The third-order valence-electron chi connectivity index (χ3n) is 1.60. The average molecular weight is 257 g/mol. The zero-order chi connectivity index (χ0) is 10.2. The van der Waals surface area contributed by atoms with E-state index in [9.17, 15) is 0 Å². The lowest BCUT2D eigenvalue weighted by Gasteiger charge is -2.04. The summed E-state index contributed by atoms with van der Waals surface area (Å²) < 4.78 is 10.1. The number of methoxy groups -OCH3 is 1. The fourth-order valence-electron chi connectivity index (χ4n) is 1.02. The summed E-state index contributed by atoms with van der Waals surface area (Å²) in [5, 5.41) is 0.857. The molecule has 0 heterocycles. The molecule has 0 aliphatic carbocycles. The summed E-state index contributed by atoms with van der Waals surface area (Å²) >= 11 is 3.33. The molecule has 1 aromatic rings. The molecular formula is C11H13BrO2. The Kier molecular flexibility index (Phi) is 5.33. The van der Waals surface area contributed by atoms with E-state index in [0.717, 1.165) is 16.6 Å². The highest BCUT2D eigenvalue weighted by atomic mass is 79.9. The highest BCUT2D eigenvalue weighted by Gasteiger charge is 1.93. The third kappa shape index (κ3) is 3.94. The first kappa shape index (κ1) is 11.3. The van der Waals surface area contributed by atoms with Crippen LogP contribution >= 0.6 is 15.9 Å². The second-order valence-electron chi connectivity index (χ2n) is 2.68. The second kappa shape index (κ2) is 6.62. The van der Waals surface area contributed by atoms with Crippen molar-refractivity contribution >= 4 is 22.0 Å².